The van der Waals surface area contributed by atoms with Gasteiger partial charge in [-0.2, -0.15) is 5.26 Å². The van der Waals surface area contributed by atoms with Crippen LogP contribution in [0.15, 0.2) is 18.2 Å². The van der Waals surface area contributed by atoms with Crippen molar-refractivity contribution in [3.63, 3.8) is 0 Å². The fraction of sp³-hybridized carbons (Fsp3) is 0.429. The van der Waals surface area contributed by atoms with Crippen LogP contribution in [0.1, 0.15) is 24.0 Å². The third kappa shape index (κ3) is 4.60. The Labute approximate surface area is 112 Å². The number of carbonyl (C=O) groups is 1. The standard InChI is InChI=1S/C14H18N2O3/c1-10-8-12(6-5-11(10)9-15)16-13(14(17)18)4-3-7-19-2/h5-6,8,13,16H,3-4,7H2,1-2H3,(H,17,18). The minimum atomic E-state index is -0.891. The second-order valence-electron chi connectivity index (χ2n) is 4.31. The average Bonchev–Trinajstić information content (AvgIpc) is 2.38. The van der Waals surface area contributed by atoms with E-state index in [-0.39, 0.29) is 0 Å². The highest BCUT2D eigenvalue weighted by molar-refractivity contribution is 5.77. The predicted octanol–water partition coefficient (Wildman–Crippen LogP) is 2.16. The number of hydrogen-bond acceptors (Lipinski definition) is 4. The summed E-state index contributed by atoms with van der Waals surface area (Å²) >= 11 is 0. The zero-order valence-corrected chi connectivity index (χ0v) is 11.1. The van der Waals surface area contributed by atoms with Gasteiger partial charge in [-0.1, -0.05) is 0 Å². The van der Waals surface area contributed by atoms with Gasteiger partial charge in [0.1, 0.15) is 6.04 Å². The van der Waals surface area contributed by atoms with Gasteiger partial charge in [-0.25, -0.2) is 4.79 Å². The first kappa shape index (κ1) is 15.0. The summed E-state index contributed by atoms with van der Waals surface area (Å²) in [6.07, 6.45) is 1.16. The van der Waals surface area contributed by atoms with Crippen LogP contribution < -0.4 is 5.32 Å². The molecule has 1 unspecified atom stereocenters. The maximum absolute atomic E-state index is 11.2. The quantitative estimate of drug-likeness (QED) is 0.736. The molecule has 0 aromatic heterocycles. The molecular formula is C14H18N2O3. The maximum Gasteiger partial charge on any atom is 0.326 e. The molecular weight excluding hydrogens is 244 g/mol. The lowest BCUT2D eigenvalue weighted by atomic mass is 10.1. The van der Waals surface area contributed by atoms with Gasteiger partial charge in [-0.05, 0) is 43.5 Å². The molecule has 0 saturated carbocycles. The summed E-state index contributed by atoms with van der Waals surface area (Å²) in [5.41, 5.74) is 2.13. The highest BCUT2D eigenvalue weighted by Crippen LogP contribution is 2.16. The van der Waals surface area contributed by atoms with Gasteiger partial charge in [0.15, 0.2) is 0 Å². The maximum atomic E-state index is 11.2. The molecule has 0 aliphatic rings. The number of aryl methyl sites for hydroxylation is 1. The molecule has 1 rings (SSSR count). The second kappa shape index (κ2) is 7.39. The monoisotopic (exact) mass is 262 g/mol. The first-order chi connectivity index (χ1) is 9.08. The Morgan fingerprint density at radius 2 is 2.32 bits per heavy atom. The van der Waals surface area contributed by atoms with Crippen molar-refractivity contribution in [2.24, 2.45) is 0 Å². The first-order valence-electron chi connectivity index (χ1n) is 6.07. The van der Waals surface area contributed by atoms with Crippen LogP contribution in [0.25, 0.3) is 0 Å². The van der Waals surface area contributed by atoms with Crippen LogP contribution in [-0.4, -0.2) is 30.8 Å². The molecule has 0 spiro atoms. The summed E-state index contributed by atoms with van der Waals surface area (Å²) in [5, 5.41) is 21.0. The predicted molar refractivity (Wildman–Crippen MR) is 72.1 cm³/mol. The molecule has 1 atom stereocenters. The summed E-state index contributed by atoms with van der Waals surface area (Å²) in [6.45, 7) is 2.36. The Kier molecular flexibility index (Phi) is 5.83. The van der Waals surface area contributed by atoms with Gasteiger partial charge in [0.2, 0.25) is 0 Å². The molecule has 5 heteroatoms. The first-order valence-corrected chi connectivity index (χ1v) is 6.07. The van der Waals surface area contributed by atoms with Gasteiger partial charge in [-0.15, -0.1) is 0 Å². The summed E-state index contributed by atoms with van der Waals surface area (Å²) in [4.78, 5) is 11.2. The molecule has 0 bridgehead atoms. The van der Waals surface area contributed by atoms with Gasteiger partial charge in [0.05, 0.1) is 11.6 Å². The minimum absolute atomic E-state index is 0.488. The average molecular weight is 262 g/mol. The molecule has 1 aromatic carbocycles. The molecule has 0 heterocycles. The van der Waals surface area contributed by atoms with E-state index >= 15 is 0 Å². The number of methoxy groups -OCH3 is 1. The fourth-order valence-corrected chi connectivity index (χ4v) is 1.77. The van der Waals surface area contributed by atoms with Gasteiger partial charge >= 0.3 is 5.97 Å². The van der Waals surface area contributed by atoms with Crippen molar-refractivity contribution in [3.05, 3.63) is 29.3 Å². The largest absolute Gasteiger partial charge is 0.480 e. The van der Waals surface area contributed by atoms with Gasteiger partial charge in [-0.3, -0.25) is 0 Å². The lowest BCUT2D eigenvalue weighted by Crippen LogP contribution is -2.29. The van der Waals surface area contributed by atoms with Crippen molar-refractivity contribution >= 4 is 11.7 Å². The number of benzene rings is 1. The van der Waals surface area contributed by atoms with Crippen LogP contribution in [0, 0.1) is 18.3 Å². The van der Waals surface area contributed by atoms with Crippen LogP contribution in [0.4, 0.5) is 5.69 Å². The summed E-state index contributed by atoms with van der Waals surface area (Å²) in [5.74, 6) is -0.891. The highest BCUT2D eigenvalue weighted by Gasteiger charge is 2.16. The zero-order valence-electron chi connectivity index (χ0n) is 11.1. The van der Waals surface area contributed by atoms with E-state index in [0.29, 0.717) is 30.7 Å². The molecule has 0 amide bonds. The Balaban J connectivity index is 2.71. The van der Waals surface area contributed by atoms with Crippen molar-refractivity contribution in [2.75, 3.05) is 19.0 Å². The Morgan fingerprint density at radius 1 is 1.58 bits per heavy atom. The number of anilines is 1. The number of aliphatic carboxylic acids is 1. The minimum Gasteiger partial charge on any atom is -0.480 e. The number of hydrogen-bond donors (Lipinski definition) is 2. The van der Waals surface area contributed by atoms with E-state index in [9.17, 15) is 4.79 Å². The number of nitriles is 1. The lowest BCUT2D eigenvalue weighted by Gasteiger charge is -2.16. The molecule has 0 saturated heterocycles. The number of carboxylic acids is 1. The van der Waals surface area contributed by atoms with E-state index in [1.54, 1.807) is 25.3 Å². The lowest BCUT2D eigenvalue weighted by molar-refractivity contribution is -0.138. The van der Waals surface area contributed by atoms with Crippen LogP contribution in [-0.2, 0) is 9.53 Å². The number of nitrogens with one attached hydrogen (secondary N) is 1. The van der Waals surface area contributed by atoms with E-state index < -0.39 is 12.0 Å². The molecule has 1 aromatic rings. The topological polar surface area (TPSA) is 82.3 Å². The van der Waals surface area contributed by atoms with E-state index in [1.807, 2.05) is 6.92 Å². The van der Waals surface area contributed by atoms with Crippen molar-refractivity contribution in [1.29, 1.82) is 5.26 Å². The number of rotatable bonds is 7. The Bertz CT molecular complexity index is 480. The fourth-order valence-electron chi connectivity index (χ4n) is 1.77. The van der Waals surface area contributed by atoms with Crippen molar-refractivity contribution in [2.45, 2.75) is 25.8 Å². The third-order valence-electron chi connectivity index (χ3n) is 2.83. The smallest absolute Gasteiger partial charge is 0.326 e. The van der Waals surface area contributed by atoms with Gasteiger partial charge in [0, 0.05) is 19.4 Å². The molecule has 0 aliphatic heterocycles. The molecule has 0 radical (unpaired) electrons. The summed E-state index contributed by atoms with van der Waals surface area (Å²) in [6, 6.07) is 6.62. The number of nitrogens with zero attached hydrogens (tertiary/aromatic N) is 1. The second-order valence-corrected chi connectivity index (χ2v) is 4.31. The molecule has 0 fully saturated rings. The van der Waals surface area contributed by atoms with Crippen LogP contribution in [0.5, 0.6) is 0 Å². The zero-order chi connectivity index (χ0) is 14.3. The van der Waals surface area contributed by atoms with Crippen molar-refractivity contribution in [1.82, 2.24) is 0 Å². The summed E-state index contributed by atoms with van der Waals surface area (Å²) < 4.78 is 4.91. The normalized spacial score (nSPS) is 11.6. The highest BCUT2D eigenvalue weighted by atomic mass is 16.5. The SMILES string of the molecule is COCCCC(Nc1ccc(C#N)c(C)c1)C(=O)O. The number of carboxylic acid groups (broad SMARTS) is 1. The molecule has 102 valence electrons. The van der Waals surface area contributed by atoms with Crippen molar-refractivity contribution in [3.8, 4) is 6.07 Å². The van der Waals surface area contributed by atoms with E-state index in [0.717, 1.165) is 5.56 Å². The molecule has 19 heavy (non-hydrogen) atoms. The third-order valence-corrected chi connectivity index (χ3v) is 2.83. The van der Waals surface area contributed by atoms with E-state index in [1.165, 1.54) is 0 Å². The van der Waals surface area contributed by atoms with Crippen LogP contribution in [0.2, 0.25) is 0 Å². The van der Waals surface area contributed by atoms with E-state index in [4.69, 9.17) is 15.1 Å². The molecule has 5 nitrogen and oxygen atoms in total. The van der Waals surface area contributed by atoms with Crippen molar-refractivity contribution < 1.29 is 14.6 Å². The Morgan fingerprint density at radius 3 is 2.84 bits per heavy atom. The number of ether oxygens (including phenoxy) is 1. The Hall–Kier alpha value is -2.06. The molecule has 0 aliphatic carbocycles. The van der Waals surface area contributed by atoms with Gasteiger partial charge in [0.25, 0.3) is 0 Å². The molecule has 2 N–H and O–H groups in total. The summed E-state index contributed by atoms with van der Waals surface area (Å²) in [7, 11) is 1.59. The van der Waals surface area contributed by atoms with E-state index in [2.05, 4.69) is 11.4 Å². The van der Waals surface area contributed by atoms with Crippen LogP contribution >= 0.6 is 0 Å². The van der Waals surface area contributed by atoms with Crippen LogP contribution in [0.3, 0.4) is 0 Å². The van der Waals surface area contributed by atoms with Gasteiger partial charge < -0.3 is 15.2 Å².